The van der Waals surface area contributed by atoms with Crippen LogP contribution in [0.5, 0.6) is 0 Å². The molecule has 1 fully saturated rings. The van der Waals surface area contributed by atoms with Crippen molar-refractivity contribution in [3.63, 3.8) is 0 Å². The number of allylic oxidation sites excluding steroid dienone is 4. The van der Waals surface area contributed by atoms with E-state index in [0.717, 1.165) is 6.42 Å². The molecule has 1 nitrogen and oxygen atoms in total. The zero-order valence-corrected chi connectivity index (χ0v) is 10.5. The second kappa shape index (κ2) is 4.34. The number of rotatable bonds is 2. The van der Waals surface area contributed by atoms with Gasteiger partial charge in [0, 0.05) is 11.3 Å². The summed E-state index contributed by atoms with van der Waals surface area (Å²) in [4.78, 5) is 12.0. The van der Waals surface area contributed by atoms with Crippen molar-refractivity contribution < 1.29 is 4.79 Å². The Bertz CT molecular complexity index is 307. The van der Waals surface area contributed by atoms with Gasteiger partial charge in [0.25, 0.3) is 0 Å². The van der Waals surface area contributed by atoms with Gasteiger partial charge in [-0.3, -0.25) is 4.79 Å². The maximum atomic E-state index is 12.0. The third-order valence-corrected chi connectivity index (χ3v) is 3.58. The van der Waals surface area contributed by atoms with Crippen LogP contribution in [0.1, 0.15) is 41.0 Å². The molecule has 0 amide bonds. The Balaban J connectivity index is 2.87. The fraction of sp³-hybridized carbons (Fsp3) is 0.643. The summed E-state index contributed by atoms with van der Waals surface area (Å²) in [6.45, 7) is 10.4. The molecular formula is C14H22O. The lowest BCUT2D eigenvalue weighted by molar-refractivity contribution is -0.126. The quantitative estimate of drug-likeness (QED) is 0.629. The Morgan fingerprint density at radius 1 is 1.40 bits per heavy atom. The molecule has 0 N–H and O–H groups in total. The van der Waals surface area contributed by atoms with E-state index in [1.165, 1.54) is 5.57 Å². The standard InChI is InChI=1S/C14H22O/c1-10(2)7-6-8-14(5)12(4)9-11(3)13(14)15/h6-8,11-12H,9H2,1-5H3/b8-6+/t11-,12+,14?/m0/s1. The van der Waals surface area contributed by atoms with Gasteiger partial charge in [-0.25, -0.2) is 0 Å². The smallest absolute Gasteiger partial charge is 0.145 e. The lowest BCUT2D eigenvalue weighted by atomic mass is 9.79. The van der Waals surface area contributed by atoms with Crippen LogP contribution in [0.4, 0.5) is 0 Å². The van der Waals surface area contributed by atoms with E-state index in [0.29, 0.717) is 11.7 Å². The Morgan fingerprint density at radius 3 is 2.40 bits per heavy atom. The largest absolute Gasteiger partial charge is 0.298 e. The van der Waals surface area contributed by atoms with Crippen molar-refractivity contribution in [2.75, 3.05) is 0 Å². The third kappa shape index (κ3) is 2.39. The summed E-state index contributed by atoms with van der Waals surface area (Å²) in [5.41, 5.74) is 1.02. The molecule has 0 aromatic carbocycles. The summed E-state index contributed by atoms with van der Waals surface area (Å²) in [6, 6.07) is 0. The minimum absolute atomic E-state index is 0.223. The molecule has 0 aliphatic heterocycles. The molecule has 0 saturated heterocycles. The average molecular weight is 206 g/mol. The van der Waals surface area contributed by atoms with Crippen LogP contribution in [-0.2, 0) is 4.79 Å². The van der Waals surface area contributed by atoms with Gasteiger partial charge in [-0.15, -0.1) is 0 Å². The van der Waals surface area contributed by atoms with Crippen molar-refractivity contribution in [1.29, 1.82) is 0 Å². The van der Waals surface area contributed by atoms with Crippen molar-refractivity contribution >= 4 is 5.78 Å². The third-order valence-electron chi connectivity index (χ3n) is 3.58. The van der Waals surface area contributed by atoms with E-state index in [2.05, 4.69) is 39.8 Å². The molecule has 0 spiro atoms. The van der Waals surface area contributed by atoms with Crippen molar-refractivity contribution in [2.45, 2.75) is 41.0 Å². The Hall–Kier alpha value is -0.850. The first-order valence-corrected chi connectivity index (χ1v) is 5.75. The Kier molecular flexibility index (Phi) is 3.54. The summed E-state index contributed by atoms with van der Waals surface area (Å²) >= 11 is 0. The summed E-state index contributed by atoms with van der Waals surface area (Å²) in [6.07, 6.45) is 7.20. The van der Waals surface area contributed by atoms with Gasteiger partial charge >= 0.3 is 0 Å². The van der Waals surface area contributed by atoms with Crippen LogP contribution in [0.25, 0.3) is 0 Å². The first-order chi connectivity index (χ1) is 6.88. The van der Waals surface area contributed by atoms with Gasteiger partial charge in [-0.05, 0) is 33.1 Å². The highest BCUT2D eigenvalue weighted by molar-refractivity contribution is 5.90. The summed E-state index contributed by atoms with van der Waals surface area (Å²) in [7, 11) is 0. The molecule has 1 rings (SSSR count). The van der Waals surface area contributed by atoms with E-state index in [-0.39, 0.29) is 11.3 Å². The van der Waals surface area contributed by atoms with Crippen LogP contribution >= 0.6 is 0 Å². The molecule has 1 aliphatic carbocycles. The summed E-state index contributed by atoms with van der Waals surface area (Å²) in [5.74, 6) is 1.08. The predicted molar refractivity (Wildman–Crippen MR) is 64.6 cm³/mol. The second-order valence-corrected chi connectivity index (χ2v) is 5.29. The van der Waals surface area contributed by atoms with Gasteiger partial charge in [0.05, 0.1) is 0 Å². The molecule has 3 atom stereocenters. The Labute approximate surface area is 93.3 Å². The van der Waals surface area contributed by atoms with E-state index >= 15 is 0 Å². The topological polar surface area (TPSA) is 17.1 Å². The maximum Gasteiger partial charge on any atom is 0.145 e. The van der Waals surface area contributed by atoms with E-state index in [1.807, 2.05) is 13.0 Å². The maximum absolute atomic E-state index is 12.0. The van der Waals surface area contributed by atoms with E-state index in [1.54, 1.807) is 0 Å². The monoisotopic (exact) mass is 206 g/mol. The molecule has 84 valence electrons. The lowest BCUT2D eigenvalue weighted by Crippen LogP contribution is -2.26. The van der Waals surface area contributed by atoms with Gasteiger partial charge in [0.15, 0.2) is 0 Å². The molecule has 1 saturated carbocycles. The SMILES string of the molecule is CC(C)=C/C=C/C1(C)C(=O)[C@@H](C)C[C@H]1C. The zero-order chi connectivity index (χ0) is 11.6. The minimum Gasteiger partial charge on any atom is -0.298 e. The van der Waals surface area contributed by atoms with Crippen molar-refractivity contribution in [1.82, 2.24) is 0 Å². The van der Waals surface area contributed by atoms with Crippen molar-refractivity contribution in [3.8, 4) is 0 Å². The first kappa shape index (κ1) is 12.2. The fourth-order valence-electron chi connectivity index (χ4n) is 2.34. The van der Waals surface area contributed by atoms with Crippen LogP contribution in [0.15, 0.2) is 23.8 Å². The number of hydrogen-bond acceptors (Lipinski definition) is 1. The molecule has 0 radical (unpaired) electrons. The highest BCUT2D eigenvalue weighted by Crippen LogP contribution is 2.44. The summed E-state index contributed by atoms with van der Waals surface area (Å²) in [5, 5.41) is 0. The predicted octanol–water partition coefficient (Wildman–Crippen LogP) is 3.76. The molecule has 0 heterocycles. The first-order valence-electron chi connectivity index (χ1n) is 5.75. The number of Topliss-reactive ketones (excluding diaryl/α,β-unsaturated/α-hetero) is 1. The van der Waals surface area contributed by atoms with Crippen LogP contribution < -0.4 is 0 Å². The minimum atomic E-state index is -0.245. The number of hydrogen-bond donors (Lipinski definition) is 0. The average Bonchev–Trinajstić information content (AvgIpc) is 2.31. The fourth-order valence-corrected chi connectivity index (χ4v) is 2.34. The molecule has 1 aliphatic rings. The zero-order valence-electron chi connectivity index (χ0n) is 10.5. The molecule has 1 heteroatoms. The second-order valence-electron chi connectivity index (χ2n) is 5.29. The van der Waals surface area contributed by atoms with E-state index < -0.39 is 0 Å². The van der Waals surface area contributed by atoms with Gasteiger partial charge < -0.3 is 0 Å². The van der Waals surface area contributed by atoms with E-state index in [4.69, 9.17) is 0 Å². The highest BCUT2D eigenvalue weighted by Gasteiger charge is 2.45. The van der Waals surface area contributed by atoms with Gasteiger partial charge in [0.1, 0.15) is 5.78 Å². The number of ketones is 1. The molecule has 15 heavy (non-hydrogen) atoms. The van der Waals surface area contributed by atoms with Crippen LogP contribution in [-0.4, -0.2) is 5.78 Å². The Morgan fingerprint density at radius 2 is 2.00 bits per heavy atom. The van der Waals surface area contributed by atoms with Gasteiger partial charge in [-0.1, -0.05) is 37.6 Å². The molecule has 0 aromatic rings. The molecular weight excluding hydrogens is 184 g/mol. The van der Waals surface area contributed by atoms with Crippen LogP contribution in [0.2, 0.25) is 0 Å². The van der Waals surface area contributed by atoms with Crippen molar-refractivity contribution in [2.24, 2.45) is 17.3 Å². The normalized spacial score (nSPS) is 36.2. The van der Waals surface area contributed by atoms with Crippen molar-refractivity contribution in [3.05, 3.63) is 23.8 Å². The summed E-state index contributed by atoms with van der Waals surface area (Å²) < 4.78 is 0. The van der Waals surface area contributed by atoms with Gasteiger partial charge in [0.2, 0.25) is 0 Å². The number of carbonyl (C=O) groups is 1. The van der Waals surface area contributed by atoms with Crippen LogP contribution in [0, 0.1) is 17.3 Å². The molecule has 1 unspecified atom stereocenters. The molecule has 0 bridgehead atoms. The van der Waals surface area contributed by atoms with Gasteiger partial charge in [-0.2, -0.15) is 0 Å². The number of carbonyl (C=O) groups excluding carboxylic acids is 1. The highest BCUT2D eigenvalue weighted by atomic mass is 16.1. The molecule has 0 aromatic heterocycles. The lowest BCUT2D eigenvalue weighted by Gasteiger charge is -2.23. The van der Waals surface area contributed by atoms with Crippen LogP contribution in [0.3, 0.4) is 0 Å². The van der Waals surface area contributed by atoms with E-state index in [9.17, 15) is 4.79 Å².